The Morgan fingerprint density at radius 3 is 2.63 bits per heavy atom. The fourth-order valence-corrected chi connectivity index (χ4v) is 4.58. The van der Waals surface area contributed by atoms with Crippen molar-refractivity contribution in [2.45, 2.75) is 38.6 Å². The molecule has 2 aromatic heterocycles. The van der Waals surface area contributed by atoms with E-state index in [9.17, 15) is 14.4 Å². The molecule has 0 aliphatic carbocycles. The van der Waals surface area contributed by atoms with Crippen molar-refractivity contribution in [3.63, 3.8) is 0 Å². The summed E-state index contributed by atoms with van der Waals surface area (Å²) < 4.78 is 6.94. The van der Waals surface area contributed by atoms with Crippen molar-refractivity contribution in [3.05, 3.63) is 58.5 Å². The molecular weight excluding hydrogens is 448 g/mol. The molecule has 2 amide bonds. The molecule has 0 radical (unpaired) electrons. The Balaban J connectivity index is 1.35. The summed E-state index contributed by atoms with van der Waals surface area (Å²) in [5.41, 5.74) is 2.62. The van der Waals surface area contributed by atoms with Gasteiger partial charge in [-0.3, -0.25) is 19.1 Å². The third-order valence-corrected chi connectivity index (χ3v) is 6.47. The maximum atomic E-state index is 13.0. The number of aromatic nitrogens is 4. The first kappa shape index (κ1) is 24.6. The number of carbonyl (C=O) groups is 2. The van der Waals surface area contributed by atoms with Gasteiger partial charge in [0.2, 0.25) is 5.91 Å². The van der Waals surface area contributed by atoms with E-state index >= 15 is 0 Å². The lowest BCUT2D eigenvalue weighted by Gasteiger charge is -2.33. The first-order valence-corrected chi connectivity index (χ1v) is 12.0. The van der Waals surface area contributed by atoms with Gasteiger partial charge in [-0.2, -0.15) is 0 Å². The van der Waals surface area contributed by atoms with E-state index in [0.29, 0.717) is 52.0 Å². The number of fused-ring (bicyclic) bond motifs is 1. The number of aryl methyl sites for hydroxylation is 1. The number of para-hydroxylation sites is 2. The number of carbonyl (C=O) groups excluding carboxylic acids is 2. The van der Waals surface area contributed by atoms with Crippen molar-refractivity contribution in [1.29, 1.82) is 0 Å². The van der Waals surface area contributed by atoms with Crippen LogP contribution in [0.2, 0.25) is 0 Å². The third kappa shape index (κ3) is 5.76. The summed E-state index contributed by atoms with van der Waals surface area (Å²) >= 11 is 0. The van der Waals surface area contributed by atoms with Crippen LogP contribution < -0.4 is 5.69 Å². The maximum Gasteiger partial charge on any atom is 0.326 e. The third-order valence-electron chi connectivity index (χ3n) is 6.47. The predicted octanol–water partition coefficient (Wildman–Crippen LogP) is 2.16. The van der Waals surface area contributed by atoms with Crippen LogP contribution in [0.5, 0.6) is 0 Å². The summed E-state index contributed by atoms with van der Waals surface area (Å²) in [5, 5.41) is 0. The maximum absolute atomic E-state index is 13.0. The van der Waals surface area contributed by atoms with Gasteiger partial charge in [-0.15, -0.1) is 0 Å². The minimum atomic E-state index is -0.237. The van der Waals surface area contributed by atoms with Crippen molar-refractivity contribution in [3.8, 4) is 0 Å². The Morgan fingerprint density at radius 2 is 1.91 bits per heavy atom. The molecule has 0 saturated carbocycles. The standard InChI is InChI=1S/C25H32N6O4/c1-18-16-27-21(17-26-18)24(33)30(11-5-15-35-2)14-10-23(32)29-12-8-19(9-13-29)31-22-7-4-3-6-20(22)28-25(31)34/h3-4,6-7,16-17,19H,5,8-15H2,1-2H3,(H,28,34). The monoisotopic (exact) mass is 480 g/mol. The molecule has 1 aliphatic rings. The minimum Gasteiger partial charge on any atom is -0.385 e. The van der Waals surface area contributed by atoms with E-state index in [2.05, 4.69) is 15.0 Å². The van der Waals surface area contributed by atoms with Gasteiger partial charge in [0.1, 0.15) is 5.69 Å². The van der Waals surface area contributed by atoms with Crippen molar-refractivity contribution in [1.82, 2.24) is 29.3 Å². The van der Waals surface area contributed by atoms with Crippen molar-refractivity contribution >= 4 is 22.8 Å². The van der Waals surface area contributed by atoms with Crippen LogP contribution >= 0.6 is 0 Å². The van der Waals surface area contributed by atoms with E-state index in [1.807, 2.05) is 40.7 Å². The number of benzene rings is 1. The number of hydrogen-bond acceptors (Lipinski definition) is 6. The van der Waals surface area contributed by atoms with Crippen molar-refractivity contribution < 1.29 is 14.3 Å². The minimum absolute atomic E-state index is 0.00857. The Kier molecular flexibility index (Phi) is 7.91. The fraction of sp³-hybridized carbons (Fsp3) is 0.480. The van der Waals surface area contributed by atoms with Crippen LogP contribution in [-0.2, 0) is 9.53 Å². The van der Waals surface area contributed by atoms with Gasteiger partial charge in [-0.25, -0.2) is 9.78 Å². The van der Waals surface area contributed by atoms with E-state index in [-0.39, 0.29) is 35.7 Å². The van der Waals surface area contributed by atoms with Gasteiger partial charge in [0.05, 0.1) is 22.9 Å². The highest BCUT2D eigenvalue weighted by Gasteiger charge is 2.27. The van der Waals surface area contributed by atoms with Crippen LogP contribution in [0, 0.1) is 6.92 Å². The van der Waals surface area contributed by atoms with Crippen molar-refractivity contribution in [2.75, 3.05) is 39.9 Å². The molecule has 1 aromatic carbocycles. The van der Waals surface area contributed by atoms with E-state index in [4.69, 9.17) is 4.74 Å². The van der Waals surface area contributed by atoms with Crippen LogP contribution in [0.1, 0.15) is 47.9 Å². The lowest BCUT2D eigenvalue weighted by Crippen LogP contribution is -2.42. The average Bonchev–Trinajstić information content (AvgIpc) is 3.21. The number of nitrogens with zero attached hydrogens (tertiary/aromatic N) is 5. The normalized spacial score (nSPS) is 14.4. The number of likely N-dealkylation sites (tertiary alicyclic amines) is 1. The Morgan fingerprint density at radius 1 is 1.14 bits per heavy atom. The van der Waals surface area contributed by atoms with Gasteiger partial charge >= 0.3 is 5.69 Å². The molecule has 3 aromatic rings. The summed E-state index contributed by atoms with van der Waals surface area (Å²) in [5.74, 6) is -0.229. The van der Waals surface area contributed by atoms with Gasteiger partial charge in [0.15, 0.2) is 0 Å². The number of aromatic amines is 1. The molecule has 4 rings (SSSR count). The predicted molar refractivity (Wildman–Crippen MR) is 131 cm³/mol. The van der Waals surface area contributed by atoms with Gasteiger partial charge in [-0.05, 0) is 38.3 Å². The quantitative estimate of drug-likeness (QED) is 0.470. The molecular formula is C25H32N6O4. The molecule has 1 saturated heterocycles. The molecule has 1 N–H and O–H groups in total. The Labute approximate surface area is 203 Å². The molecule has 186 valence electrons. The number of rotatable bonds is 9. The second kappa shape index (κ2) is 11.3. The van der Waals surface area contributed by atoms with Gasteiger partial charge in [0, 0.05) is 58.6 Å². The second-order valence-corrected chi connectivity index (χ2v) is 8.86. The van der Waals surface area contributed by atoms with Gasteiger partial charge in [-0.1, -0.05) is 12.1 Å². The average molecular weight is 481 g/mol. The SMILES string of the molecule is COCCCN(CCC(=O)N1CCC(n2c(=O)[nH]c3ccccc32)CC1)C(=O)c1cnc(C)cn1. The molecule has 3 heterocycles. The molecule has 1 aliphatic heterocycles. The molecule has 0 atom stereocenters. The summed E-state index contributed by atoms with van der Waals surface area (Å²) in [4.78, 5) is 53.2. The number of amides is 2. The molecule has 35 heavy (non-hydrogen) atoms. The zero-order chi connectivity index (χ0) is 24.8. The van der Waals surface area contributed by atoms with Gasteiger partial charge in [0.25, 0.3) is 5.91 Å². The van der Waals surface area contributed by atoms with Crippen LogP contribution in [0.4, 0.5) is 0 Å². The lowest BCUT2D eigenvalue weighted by atomic mass is 10.0. The summed E-state index contributed by atoms with van der Waals surface area (Å²) in [6, 6.07) is 7.71. The molecule has 1 fully saturated rings. The number of hydrogen-bond donors (Lipinski definition) is 1. The van der Waals surface area contributed by atoms with Crippen LogP contribution in [0.3, 0.4) is 0 Å². The van der Waals surface area contributed by atoms with Crippen LogP contribution in [-0.4, -0.2) is 81.0 Å². The topological polar surface area (TPSA) is 113 Å². The van der Waals surface area contributed by atoms with E-state index in [1.54, 1.807) is 18.2 Å². The number of piperidine rings is 1. The first-order valence-electron chi connectivity index (χ1n) is 12.0. The molecule has 0 bridgehead atoms. The van der Waals surface area contributed by atoms with Crippen LogP contribution in [0.15, 0.2) is 41.5 Å². The Bertz CT molecular complexity index is 1210. The Hall–Kier alpha value is -3.53. The van der Waals surface area contributed by atoms with E-state index < -0.39 is 0 Å². The second-order valence-electron chi connectivity index (χ2n) is 8.86. The van der Waals surface area contributed by atoms with E-state index in [0.717, 1.165) is 16.7 Å². The molecule has 10 nitrogen and oxygen atoms in total. The zero-order valence-corrected chi connectivity index (χ0v) is 20.3. The lowest BCUT2D eigenvalue weighted by molar-refractivity contribution is -0.132. The van der Waals surface area contributed by atoms with Crippen molar-refractivity contribution in [2.24, 2.45) is 0 Å². The number of imidazole rings is 1. The fourth-order valence-electron chi connectivity index (χ4n) is 4.58. The summed E-state index contributed by atoms with van der Waals surface area (Å²) in [6.07, 6.45) is 5.36. The molecule has 10 heteroatoms. The number of H-pyrrole nitrogens is 1. The highest BCUT2D eigenvalue weighted by Crippen LogP contribution is 2.25. The highest BCUT2D eigenvalue weighted by atomic mass is 16.5. The largest absolute Gasteiger partial charge is 0.385 e. The number of methoxy groups -OCH3 is 1. The number of ether oxygens (including phenoxy) is 1. The smallest absolute Gasteiger partial charge is 0.326 e. The molecule has 0 spiro atoms. The van der Waals surface area contributed by atoms with Crippen LogP contribution in [0.25, 0.3) is 11.0 Å². The molecule has 0 unspecified atom stereocenters. The van der Waals surface area contributed by atoms with E-state index in [1.165, 1.54) is 6.20 Å². The summed E-state index contributed by atoms with van der Waals surface area (Å²) in [7, 11) is 1.62. The first-order chi connectivity index (χ1) is 17.0. The van der Waals surface area contributed by atoms with Gasteiger partial charge < -0.3 is 19.5 Å². The highest BCUT2D eigenvalue weighted by molar-refractivity contribution is 5.92. The number of nitrogens with one attached hydrogen (secondary N) is 1. The zero-order valence-electron chi connectivity index (χ0n) is 20.3. The summed E-state index contributed by atoms with van der Waals surface area (Å²) in [6.45, 7) is 4.28.